The van der Waals surface area contributed by atoms with Crippen molar-refractivity contribution in [1.82, 2.24) is 9.88 Å². The second kappa shape index (κ2) is 7.02. The summed E-state index contributed by atoms with van der Waals surface area (Å²) >= 11 is 0. The number of fused-ring (bicyclic) bond motifs is 1. The molecule has 26 heavy (non-hydrogen) atoms. The first-order valence-electron chi connectivity index (χ1n) is 9.03. The van der Waals surface area contributed by atoms with E-state index in [1.165, 1.54) is 0 Å². The molecule has 6 heteroatoms. The van der Waals surface area contributed by atoms with E-state index in [9.17, 15) is 9.90 Å². The van der Waals surface area contributed by atoms with Crippen molar-refractivity contribution in [3.63, 3.8) is 0 Å². The minimum absolute atomic E-state index is 0.000549. The van der Waals surface area contributed by atoms with Gasteiger partial charge in [-0.25, -0.2) is 4.79 Å². The molecule has 3 rings (SSSR count). The zero-order valence-electron chi connectivity index (χ0n) is 16.1. The van der Waals surface area contributed by atoms with Crippen LogP contribution in [0.3, 0.4) is 0 Å². The number of para-hydroxylation sites is 1. The summed E-state index contributed by atoms with van der Waals surface area (Å²) in [6, 6.07) is 7.58. The quantitative estimate of drug-likeness (QED) is 0.875. The molecular weight excluding hydrogens is 332 g/mol. The number of nitrogens with zero attached hydrogens (tertiary/aromatic N) is 1. The van der Waals surface area contributed by atoms with Crippen molar-refractivity contribution in [2.45, 2.75) is 58.5 Å². The highest BCUT2D eigenvalue weighted by molar-refractivity contribution is 6.05. The first-order valence-corrected chi connectivity index (χ1v) is 9.03. The fraction of sp³-hybridized carbons (Fsp3) is 0.550. The maximum Gasteiger partial charge on any atom is 0.338 e. The normalized spacial score (nSPS) is 22.5. The van der Waals surface area contributed by atoms with E-state index in [2.05, 4.69) is 26.1 Å². The van der Waals surface area contributed by atoms with Crippen LogP contribution >= 0.6 is 0 Å². The molecule has 0 radical (unpaired) electrons. The van der Waals surface area contributed by atoms with Crippen LogP contribution in [0.25, 0.3) is 10.9 Å². The van der Waals surface area contributed by atoms with Gasteiger partial charge in [0.1, 0.15) is 0 Å². The number of carbonyl (C=O) groups is 1. The minimum Gasteiger partial charge on any atom is -0.478 e. The highest BCUT2D eigenvalue weighted by Gasteiger charge is 2.32. The van der Waals surface area contributed by atoms with Gasteiger partial charge in [-0.1, -0.05) is 18.2 Å². The van der Waals surface area contributed by atoms with Gasteiger partial charge >= 0.3 is 5.97 Å². The fourth-order valence-electron chi connectivity index (χ4n) is 3.80. The first-order chi connectivity index (χ1) is 12.2. The van der Waals surface area contributed by atoms with Crippen molar-refractivity contribution < 1.29 is 19.4 Å². The van der Waals surface area contributed by atoms with Crippen LogP contribution in [0, 0.1) is 6.92 Å². The molecular formula is C20H28N2O4. The molecule has 0 aliphatic carbocycles. The Balaban J connectivity index is 1.84. The Morgan fingerprint density at radius 3 is 2.46 bits per heavy atom. The molecule has 2 aromatic rings. The van der Waals surface area contributed by atoms with Crippen molar-refractivity contribution in [1.29, 1.82) is 0 Å². The Labute approximate surface area is 154 Å². The van der Waals surface area contributed by atoms with E-state index in [1.54, 1.807) is 0 Å². The summed E-state index contributed by atoms with van der Waals surface area (Å²) in [5, 5.41) is 13.9. The van der Waals surface area contributed by atoms with Gasteiger partial charge in [-0.2, -0.15) is 0 Å². The SMILES string of the molecule is Cc1c(C(=O)O)c2ccccc2n1[C@H](C)C1OCC(NC(C)(C)C)CO1. The lowest BCUT2D eigenvalue weighted by molar-refractivity contribution is -0.209. The summed E-state index contributed by atoms with van der Waals surface area (Å²) in [4.78, 5) is 11.7. The summed E-state index contributed by atoms with van der Waals surface area (Å²) in [5.41, 5.74) is 1.94. The molecule has 1 fully saturated rings. The van der Waals surface area contributed by atoms with Crippen LogP contribution in [-0.2, 0) is 9.47 Å². The van der Waals surface area contributed by atoms with Crippen molar-refractivity contribution in [3.8, 4) is 0 Å². The van der Waals surface area contributed by atoms with Crippen LogP contribution in [0.15, 0.2) is 24.3 Å². The van der Waals surface area contributed by atoms with E-state index in [0.717, 1.165) is 10.9 Å². The van der Waals surface area contributed by atoms with Gasteiger partial charge < -0.3 is 24.5 Å². The number of hydrogen-bond acceptors (Lipinski definition) is 4. The van der Waals surface area contributed by atoms with E-state index in [1.807, 2.05) is 42.7 Å². The van der Waals surface area contributed by atoms with E-state index >= 15 is 0 Å². The molecule has 2 heterocycles. The second-order valence-corrected chi connectivity index (χ2v) is 8.02. The van der Waals surface area contributed by atoms with Crippen molar-refractivity contribution in [2.24, 2.45) is 0 Å². The number of ether oxygens (including phenoxy) is 2. The van der Waals surface area contributed by atoms with Crippen LogP contribution in [0.2, 0.25) is 0 Å². The van der Waals surface area contributed by atoms with Crippen LogP contribution < -0.4 is 5.32 Å². The third-order valence-corrected chi connectivity index (χ3v) is 4.73. The highest BCUT2D eigenvalue weighted by atomic mass is 16.7. The lowest BCUT2D eigenvalue weighted by Gasteiger charge is -2.37. The topological polar surface area (TPSA) is 72.7 Å². The molecule has 0 unspecified atom stereocenters. The predicted octanol–water partition coefficient (Wildman–Crippen LogP) is 3.34. The Kier molecular flexibility index (Phi) is 5.10. The Morgan fingerprint density at radius 2 is 1.88 bits per heavy atom. The van der Waals surface area contributed by atoms with Crippen LogP contribution in [0.4, 0.5) is 0 Å². The van der Waals surface area contributed by atoms with Crippen LogP contribution in [0.1, 0.15) is 49.8 Å². The summed E-state index contributed by atoms with van der Waals surface area (Å²) in [6.45, 7) is 11.3. The summed E-state index contributed by atoms with van der Waals surface area (Å²) in [7, 11) is 0. The second-order valence-electron chi connectivity index (χ2n) is 8.02. The van der Waals surface area contributed by atoms with Gasteiger partial charge in [-0.15, -0.1) is 0 Å². The van der Waals surface area contributed by atoms with Crippen molar-refractivity contribution in [3.05, 3.63) is 35.5 Å². The molecule has 1 atom stereocenters. The lowest BCUT2D eigenvalue weighted by Crippen LogP contribution is -2.52. The molecule has 0 bridgehead atoms. The van der Waals surface area contributed by atoms with Crippen molar-refractivity contribution in [2.75, 3.05) is 13.2 Å². The first kappa shape index (κ1) is 18.9. The molecule has 1 aromatic heterocycles. The fourth-order valence-corrected chi connectivity index (χ4v) is 3.80. The zero-order valence-corrected chi connectivity index (χ0v) is 16.1. The molecule has 1 aliphatic rings. The number of aromatic carboxylic acids is 1. The van der Waals surface area contributed by atoms with Gasteiger partial charge in [0, 0.05) is 22.1 Å². The van der Waals surface area contributed by atoms with Gasteiger partial charge in [0.25, 0.3) is 0 Å². The van der Waals surface area contributed by atoms with Gasteiger partial charge in [0.2, 0.25) is 0 Å². The maximum atomic E-state index is 11.7. The standard InChI is InChI=1S/C20H28N2O4/c1-12-17(18(23)24)15-8-6-7-9-16(15)22(12)13(2)19-25-10-14(11-26-19)21-20(3,4)5/h6-9,13-14,19,21H,10-11H2,1-5H3,(H,23,24)/t13-,14?,19?/m1/s1. The molecule has 142 valence electrons. The monoisotopic (exact) mass is 360 g/mol. The molecule has 0 spiro atoms. The molecule has 0 saturated carbocycles. The average Bonchev–Trinajstić information content (AvgIpc) is 2.85. The zero-order chi connectivity index (χ0) is 19.1. The van der Waals surface area contributed by atoms with E-state index in [0.29, 0.717) is 24.5 Å². The maximum absolute atomic E-state index is 11.7. The highest BCUT2D eigenvalue weighted by Crippen LogP contribution is 2.32. The van der Waals surface area contributed by atoms with Crippen molar-refractivity contribution >= 4 is 16.9 Å². The minimum atomic E-state index is -0.912. The third kappa shape index (κ3) is 3.63. The predicted molar refractivity (Wildman–Crippen MR) is 101 cm³/mol. The molecule has 1 aromatic carbocycles. The Bertz CT molecular complexity index is 798. The van der Waals surface area contributed by atoms with Gasteiger partial charge in [-0.05, 0) is 40.7 Å². The van der Waals surface area contributed by atoms with E-state index in [4.69, 9.17) is 9.47 Å². The number of aromatic nitrogens is 1. The smallest absolute Gasteiger partial charge is 0.338 e. The number of nitrogens with one attached hydrogen (secondary N) is 1. The number of benzene rings is 1. The van der Waals surface area contributed by atoms with E-state index in [-0.39, 0.29) is 17.6 Å². The lowest BCUT2D eigenvalue weighted by atomic mass is 10.1. The summed E-state index contributed by atoms with van der Waals surface area (Å²) in [5.74, 6) is -0.912. The molecule has 0 amide bonds. The number of carboxylic acid groups (broad SMARTS) is 1. The Hall–Kier alpha value is -1.89. The van der Waals surface area contributed by atoms with Gasteiger partial charge in [0.15, 0.2) is 6.29 Å². The molecule has 6 nitrogen and oxygen atoms in total. The third-order valence-electron chi connectivity index (χ3n) is 4.73. The number of rotatable bonds is 4. The summed E-state index contributed by atoms with van der Waals surface area (Å²) < 4.78 is 14.0. The van der Waals surface area contributed by atoms with Crippen LogP contribution in [0.5, 0.6) is 0 Å². The summed E-state index contributed by atoms with van der Waals surface area (Å²) in [6.07, 6.45) is -0.413. The average molecular weight is 360 g/mol. The number of carboxylic acids is 1. The Morgan fingerprint density at radius 1 is 1.27 bits per heavy atom. The molecule has 2 N–H and O–H groups in total. The van der Waals surface area contributed by atoms with Crippen LogP contribution in [-0.4, -0.2) is 46.7 Å². The van der Waals surface area contributed by atoms with Gasteiger partial charge in [-0.3, -0.25) is 0 Å². The largest absolute Gasteiger partial charge is 0.478 e. The molecule has 1 saturated heterocycles. The van der Waals surface area contributed by atoms with E-state index < -0.39 is 12.3 Å². The number of hydrogen-bond donors (Lipinski definition) is 2. The van der Waals surface area contributed by atoms with Gasteiger partial charge in [0.05, 0.1) is 30.9 Å². The molecule has 1 aliphatic heterocycles.